The van der Waals surface area contributed by atoms with Crippen molar-refractivity contribution >= 4 is 5.78 Å². The Kier molecular flexibility index (Phi) is 5.77. The van der Waals surface area contributed by atoms with Crippen molar-refractivity contribution in [1.29, 1.82) is 0 Å². The molecule has 0 saturated carbocycles. The second kappa shape index (κ2) is 7.12. The zero-order valence-corrected chi connectivity index (χ0v) is 9.84. The molecule has 0 heterocycles. The summed E-state index contributed by atoms with van der Waals surface area (Å²) in [6.07, 6.45) is 2.10. The highest BCUT2D eigenvalue weighted by Gasteiger charge is 2.03. The maximum Gasteiger partial charge on any atom is 0.131 e. The van der Waals surface area contributed by atoms with Crippen LogP contribution in [0.25, 0.3) is 0 Å². The van der Waals surface area contributed by atoms with E-state index in [2.05, 4.69) is 0 Å². The van der Waals surface area contributed by atoms with Gasteiger partial charge in [0, 0.05) is 24.7 Å². The number of hydrogen-bond donors (Lipinski definition) is 0. The van der Waals surface area contributed by atoms with Gasteiger partial charge < -0.3 is 9.53 Å². The van der Waals surface area contributed by atoms with Crippen molar-refractivity contribution in [1.82, 2.24) is 0 Å². The SMILES string of the molecule is CC(=O)CCCCOCc1ccc(F)cc1F. The van der Waals surface area contributed by atoms with E-state index in [4.69, 9.17) is 4.74 Å². The molecule has 1 rings (SSSR count). The van der Waals surface area contributed by atoms with Crippen LogP contribution < -0.4 is 0 Å². The van der Waals surface area contributed by atoms with Gasteiger partial charge in [-0.05, 0) is 25.8 Å². The summed E-state index contributed by atoms with van der Waals surface area (Å²) < 4.78 is 31.0. The monoisotopic (exact) mass is 242 g/mol. The van der Waals surface area contributed by atoms with E-state index in [-0.39, 0.29) is 12.4 Å². The van der Waals surface area contributed by atoms with Crippen LogP contribution in [0.5, 0.6) is 0 Å². The molecule has 17 heavy (non-hydrogen) atoms. The molecule has 94 valence electrons. The molecule has 0 unspecified atom stereocenters. The summed E-state index contributed by atoms with van der Waals surface area (Å²) in [4.78, 5) is 10.6. The van der Waals surface area contributed by atoms with Crippen LogP contribution in [0, 0.1) is 11.6 Å². The first-order valence-electron chi connectivity index (χ1n) is 5.60. The van der Waals surface area contributed by atoms with Crippen molar-refractivity contribution < 1.29 is 18.3 Å². The number of Topliss-reactive ketones (excluding diaryl/α,β-unsaturated/α-hetero) is 1. The highest BCUT2D eigenvalue weighted by Crippen LogP contribution is 2.10. The van der Waals surface area contributed by atoms with Gasteiger partial charge in [-0.15, -0.1) is 0 Å². The van der Waals surface area contributed by atoms with Gasteiger partial charge in [-0.2, -0.15) is 0 Å². The van der Waals surface area contributed by atoms with Gasteiger partial charge in [0.15, 0.2) is 0 Å². The van der Waals surface area contributed by atoms with E-state index in [0.29, 0.717) is 18.6 Å². The van der Waals surface area contributed by atoms with Crippen LogP contribution in [0.3, 0.4) is 0 Å². The quantitative estimate of drug-likeness (QED) is 0.686. The third kappa shape index (κ3) is 5.54. The Hall–Kier alpha value is -1.29. The van der Waals surface area contributed by atoms with Gasteiger partial charge in [0.25, 0.3) is 0 Å². The lowest BCUT2D eigenvalue weighted by Gasteiger charge is -2.05. The number of benzene rings is 1. The van der Waals surface area contributed by atoms with E-state index in [0.717, 1.165) is 18.9 Å². The summed E-state index contributed by atoms with van der Waals surface area (Å²) in [5.74, 6) is -1.02. The molecule has 0 atom stereocenters. The summed E-state index contributed by atoms with van der Waals surface area (Å²) in [6.45, 7) is 2.16. The fourth-order valence-electron chi connectivity index (χ4n) is 1.40. The van der Waals surface area contributed by atoms with Crippen molar-refractivity contribution in [2.45, 2.75) is 32.8 Å². The second-order valence-electron chi connectivity index (χ2n) is 3.95. The molecule has 0 bridgehead atoms. The van der Waals surface area contributed by atoms with Crippen LogP contribution in [0.2, 0.25) is 0 Å². The van der Waals surface area contributed by atoms with E-state index >= 15 is 0 Å². The van der Waals surface area contributed by atoms with Crippen LogP contribution >= 0.6 is 0 Å². The minimum Gasteiger partial charge on any atom is -0.377 e. The Balaban J connectivity index is 2.20. The Bertz CT molecular complexity index is 378. The molecular weight excluding hydrogens is 226 g/mol. The van der Waals surface area contributed by atoms with Gasteiger partial charge in [-0.1, -0.05) is 6.07 Å². The fourth-order valence-corrected chi connectivity index (χ4v) is 1.40. The van der Waals surface area contributed by atoms with Crippen LogP contribution in [-0.4, -0.2) is 12.4 Å². The lowest BCUT2D eigenvalue weighted by atomic mass is 10.2. The first-order chi connectivity index (χ1) is 8.09. The summed E-state index contributed by atoms with van der Waals surface area (Å²) in [7, 11) is 0. The summed E-state index contributed by atoms with van der Waals surface area (Å²) in [6, 6.07) is 3.42. The minimum absolute atomic E-state index is 0.131. The van der Waals surface area contributed by atoms with Crippen molar-refractivity contribution in [2.24, 2.45) is 0 Å². The summed E-state index contributed by atoms with van der Waals surface area (Å²) in [5.41, 5.74) is 0.345. The van der Waals surface area contributed by atoms with E-state index in [1.54, 1.807) is 6.92 Å². The Labute approximate surface area is 99.6 Å². The molecule has 0 aromatic heterocycles. The number of halogens is 2. The molecule has 0 spiro atoms. The van der Waals surface area contributed by atoms with Crippen LogP contribution in [-0.2, 0) is 16.1 Å². The molecule has 0 amide bonds. The maximum atomic E-state index is 13.2. The van der Waals surface area contributed by atoms with E-state index in [1.165, 1.54) is 12.1 Å². The highest BCUT2D eigenvalue weighted by molar-refractivity contribution is 5.75. The first-order valence-corrected chi connectivity index (χ1v) is 5.60. The van der Waals surface area contributed by atoms with E-state index in [9.17, 15) is 13.6 Å². The smallest absolute Gasteiger partial charge is 0.131 e. The third-order valence-electron chi connectivity index (χ3n) is 2.34. The molecule has 0 radical (unpaired) electrons. The zero-order chi connectivity index (χ0) is 12.7. The number of rotatable bonds is 7. The number of hydrogen-bond acceptors (Lipinski definition) is 2. The van der Waals surface area contributed by atoms with Crippen LogP contribution in [0.15, 0.2) is 18.2 Å². The van der Waals surface area contributed by atoms with Gasteiger partial charge in [0.2, 0.25) is 0 Å². The van der Waals surface area contributed by atoms with Crippen molar-refractivity contribution in [3.05, 3.63) is 35.4 Å². The fraction of sp³-hybridized carbons (Fsp3) is 0.462. The highest BCUT2D eigenvalue weighted by atomic mass is 19.1. The van der Waals surface area contributed by atoms with E-state index < -0.39 is 11.6 Å². The van der Waals surface area contributed by atoms with E-state index in [1.807, 2.05) is 0 Å². The van der Waals surface area contributed by atoms with Gasteiger partial charge >= 0.3 is 0 Å². The molecule has 0 aliphatic rings. The molecule has 2 nitrogen and oxygen atoms in total. The number of unbranched alkanes of at least 4 members (excludes halogenated alkanes) is 1. The molecule has 0 aliphatic carbocycles. The number of ketones is 1. The predicted molar refractivity (Wildman–Crippen MR) is 60.5 cm³/mol. The Morgan fingerprint density at radius 1 is 1.29 bits per heavy atom. The maximum absolute atomic E-state index is 13.2. The normalized spacial score (nSPS) is 10.5. The largest absolute Gasteiger partial charge is 0.377 e. The van der Waals surface area contributed by atoms with Crippen molar-refractivity contribution in [3.63, 3.8) is 0 Å². The predicted octanol–water partition coefficient (Wildman–Crippen LogP) is 3.24. The summed E-state index contributed by atoms with van der Waals surface area (Å²) >= 11 is 0. The topological polar surface area (TPSA) is 26.3 Å². The molecule has 0 saturated heterocycles. The average molecular weight is 242 g/mol. The van der Waals surface area contributed by atoms with Crippen LogP contribution in [0.1, 0.15) is 31.7 Å². The molecule has 1 aromatic rings. The second-order valence-corrected chi connectivity index (χ2v) is 3.95. The minimum atomic E-state index is -0.590. The van der Waals surface area contributed by atoms with Gasteiger partial charge in [-0.25, -0.2) is 8.78 Å². The number of carbonyl (C=O) groups is 1. The molecule has 1 aromatic carbocycles. The Morgan fingerprint density at radius 2 is 2.06 bits per heavy atom. The molecule has 0 N–H and O–H groups in total. The standard InChI is InChI=1S/C13H16F2O2/c1-10(16)4-2-3-7-17-9-11-5-6-12(14)8-13(11)15/h5-6,8H,2-4,7,9H2,1H3. The lowest BCUT2D eigenvalue weighted by Crippen LogP contribution is -1.99. The summed E-state index contributed by atoms with van der Waals surface area (Å²) in [5, 5.41) is 0. The molecular formula is C13H16F2O2. The number of carbonyl (C=O) groups excluding carboxylic acids is 1. The van der Waals surface area contributed by atoms with Crippen molar-refractivity contribution in [3.8, 4) is 0 Å². The average Bonchev–Trinajstić information content (AvgIpc) is 2.25. The van der Waals surface area contributed by atoms with Gasteiger partial charge in [0.05, 0.1) is 6.61 Å². The van der Waals surface area contributed by atoms with Crippen molar-refractivity contribution in [2.75, 3.05) is 6.61 Å². The molecule has 0 fully saturated rings. The first kappa shape index (κ1) is 13.8. The zero-order valence-electron chi connectivity index (χ0n) is 9.84. The Morgan fingerprint density at radius 3 is 2.71 bits per heavy atom. The lowest BCUT2D eigenvalue weighted by molar-refractivity contribution is -0.117. The number of ether oxygens (including phenoxy) is 1. The van der Waals surface area contributed by atoms with Crippen LogP contribution in [0.4, 0.5) is 8.78 Å². The molecule has 0 aliphatic heterocycles. The third-order valence-corrected chi connectivity index (χ3v) is 2.34. The van der Waals surface area contributed by atoms with Gasteiger partial charge in [-0.3, -0.25) is 0 Å². The molecule has 4 heteroatoms. The van der Waals surface area contributed by atoms with Gasteiger partial charge in [0.1, 0.15) is 17.4 Å².